The molecule has 0 saturated carbocycles. The van der Waals surface area contributed by atoms with E-state index in [9.17, 15) is 22.0 Å². The van der Waals surface area contributed by atoms with Crippen LogP contribution in [0.15, 0.2) is 0 Å². The first-order valence-electron chi connectivity index (χ1n) is 4.01. The fraction of sp³-hybridized carbons (Fsp3) is 0.222. The molecule has 0 heterocycles. The van der Waals surface area contributed by atoms with Crippen molar-refractivity contribution in [3.05, 3.63) is 29.1 Å². The zero-order valence-electron chi connectivity index (χ0n) is 7.66. The molecule has 0 aliphatic heterocycles. The third-order valence-electron chi connectivity index (χ3n) is 1.63. The summed E-state index contributed by atoms with van der Waals surface area (Å²) in [6.07, 6.45) is -0.237. The van der Waals surface area contributed by atoms with Crippen molar-refractivity contribution in [2.75, 3.05) is 6.61 Å². The van der Waals surface area contributed by atoms with Crippen molar-refractivity contribution >= 4 is 0 Å². The van der Waals surface area contributed by atoms with Crippen LogP contribution < -0.4 is 4.74 Å². The molecule has 0 N–H and O–H groups in total. The lowest BCUT2D eigenvalue weighted by atomic mass is 10.2. The van der Waals surface area contributed by atoms with Crippen LogP contribution in [0.2, 0.25) is 0 Å². The van der Waals surface area contributed by atoms with Crippen LogP contribution in [0.25, 0.3) is 0 Å². The van der Waals surface area contributed by atoms with Gasteiger partial charge in [-0.1, -0.05) is 0 Å². The Kier molecular flexibility index (Phi) is 3.66. The highest BCUT2D eigenvalue weighted by Crippen LogP contribution is 2.28. The summed E-state index contributed by atoms with van der Waals surface area (Å²) < 4.78 is 67.9. The highest BCUT2D eigenvalue weighted by molar-refractivity contribution is 5.29. The topological polar surface area (TPSA) is 33.0 Å². The molecule has 0 aliphatic carbocycles. The van der Waals surface area contributed by atoms with Crippen LogP contribution in [0, 0.1) is 40.4 Å². The molecular formula is C9H4F5NO. The van der Waals surface area contributed by atoms with Crippen molar-refractivity contribution in [1.29, 1.82) is 5.26 Å². The molecule has 7 heteroatoms. The molecule has 1 rings (SSSR count). The maximum atomic E-state index is 12.9. The van der Waals surface area contributed by atoms with Gasteiger partial charge in [0, 0.05) is 0 Å². The quantitative estimate of drug-likeness (QED) is 0.350. The smallest absolute Gasteiger partial charge is 0.206 e. The number of hydrogen-bond donors (Lipinski definition) is 0. The Balaban J connectivity index is 3.14. The minimum Gasteiger partial charge on any atom is -0.486 e. The number of hydrogen-bond acceptors (Lipinski definition) is 2. The zero-order chi connectivity index (χ0) is 12.3. The van der Waals surface area contributed by atoms with Crippen LogP contribution in [0.5, 0.6) is 5.75 Å². The largest absolute Gasteiger partial charge is 0.486 e. The summed E-state index contributed by atoms with van der Waals surface area (Å²) in [5.74, 6) is -11.9. The van der Waals surface area contributed by atoms with E-state index in [1.807, 2.05) is 0 Å². The molecule has 86 valence electrons. The van der Waals surface area contributed by atoms with E-state index in [1.54, 1.807) is 6.07 Å². The van der Waals surface area contributed by atoms with Crippen LogP contribution in [0.3, 0.4) is 0 Å². The molecule has 2 nitrogen and oxygen atoms in total. The Morgan fingerprint density at radius 1 is 0.875 bits per heavy atom. The van der Waals surface area contributed by atoms with Gasteiger partial charge in [-0.05, 0) is 0 Å². The van der Waals surface area contributed by atoms with Crippen molar-refractivity contribution in [2.24, 2.45) is 0 Å². The lowest BCUT2D eigenvalue weighted by molar-refractivity contribution is 0.267. The summed E-state index contributed by atoms with van der Waals surface area (Å²) in [6.45, 7) is -0.463. The van der Waals surface area contributed by atoms with Crippen LogP contribution >= 0.6 is 0 Å². The molecule has 0 atom stereocenters. The van der Waals surface area contributed by atoms with E-state index in [0.29, 0.717) is 0 Å². The normalized spacial score (nSPS) is 10.0. The van der Waals surface area contributed by atoms with Crippen molar-refractivity contribution in [3.63, 3.8) is 0 Å². The van der Waals surface area contributed by atoms with Gasteiger partial charge in [-0.3, -0.25) is 0 Å². The molecule has 0 fully saturated rings. The van der Waals surface area contributed by atoms with E-state index in [0.717, 1.165) is 0 Å². The van der Waals surface area contributed by atoms with Gasteiger partial charge in [0.1, 0.15) is 6.61 Å². The Hall–Kier alpha value is -1.84. The fourth-order valence-electron chi connectivity index (χ4n) is 0.910. The summed E-state index contributed by atoms with van der Waals surface area (Å²) in [6, 6.07) is 1.59. The highest BCUT2D eigenvalue weighted by Gasteiger charge is 2.26. The summed E-state index contributed by atoms with van der Waals surface area (Å²) in [7, 11) is 0. The van der Waals surface area contributed by atoms with E-state index in [-0.39, 0.29) is 6.42 Å². The first-order valence-corrected chi connectivity index (χ1v) is 4.01. The van der Waals surface area contributed by atoms with Gasteiger partial charge >= 0.3 is 0 Å². The minimum atomic E-state index is -2.25. The van der Waals surface area contributed by atoms with Gasteiger partial charge < -0.3 is 4.74 Å². The van der Waals surface area contributed by atoms with E-state index >= 15 is 0 Å². The first-order chi connectivity index (χ1) is 7.50. The maximum absolute atomic E-state index is 12.9. The lowest BCUT2D eigenvalue weighted by Crippen LogP contribution is -2.07. The second-order valence-corrected chi connectivity index (χ2v) is 2.66. The summed E-state index contributed by atoms with van der Waals surface area (Å²) in [4.78, 5) is 0. The molecular weight excluding hydrogens is 233 g/mol. The second-order valence-electron chi connectivity index (χ2n) is 2.66. The number of nitrogens with zero attached hydrogens (tertiary/aromatic N) is 1. The van der Waals surface area contributed by atoms with Crippen LogP contribution in [0.1, 0.15) is 6.42 Å². The van der Waals surface area contributed by atoms with Crippen LogP contribution in [-0.2, 0) is 0 Å². The number of nitriles is 1. The van der Waals surface area contributed by atoms with Gasteiger partial charge in [0.05, 0.1) is 12.5 Å². The molecule has 0 amide bonds. The van der Waals surface area contributed by atoms with Crippen LogP contribution in [0.4, 0.5) is 22.0 Å². The van der Waals surface area contributed by atoms with E-state index in [1.165, 1.54) is 0 Å². The molecule has 1 aromatic carbocycles. The standard InChI is InChI=1S/C9H4F5NO/c10-4-5(11)7(13)9(8(14)6(4)12)16-3-1-2-15/h1,3H2. The lowest BCUT2D eigenvalue weighted by Gasteiger charge is -2.08. The average molecular weight is 237 g/mol. The Morgan fingerprint density at radius 2 is 1.31 bits per heavy atom. The highest BCUT2D eigenvalue weighted by atomic mass is 19.2. The summed E-state index contributed by atoms with van der Waals surface area (Å²) >= 11 is 0. The zero-order valence-corrected chi connectivity index (χ0v) is 7.66. The predicted molar refractivity (Wildman–Crippen MR) is 42.0 cm³/mol. The van der Waals surface area contributed by atoms with Crippen molar-refractivity contribution in [1.82, 2.24) is 0 Å². The van der Waals surface area contributed by atoms with Crippen molar-refractivity contribution in [3.8, 4) is 11.8 Å². The SMILES string of the molecule is N#CCCOc1c(F)c(F)c(F)c(F)c1F. The number of halogens is 5. The van der Waals surface area contributed by atoms with Gasteiger partial charge in [0.15, 0.2) is 5.75 Å². The molecule has 0 spiro atoms. The molecule has 0 radical (unpaired) electrons. The average Bonchev–Trinajstić information content (AvgIpc) is 2.28. The molecule has 0 aliphatic rings. The Bertz CT molecular complexity index is 425. The van der Waals surface area contributed by atoms with E-state index in [4.69, 9.17) is 5.26 Å². The van der Waals surface area contributed by atoms with Gasteiger partial charge in [0.25, 0.3) is 0 Å². The molecule has 0 unspecified atom stereocenters. The summed E-state index contributed by atoms with van der Waals surface area (Å²) in [5, 5.41) is 8.11. The third-order valence-corrected chi connectivity index (χ3v) is 1.63. The molecule has 0 bridgehead atoms. The summed E-state index contributed by atoms with van der Waals surface area (Å²) in [5.41, 5.74) is 0. The number of ether oxygens (including phenoxy) is 1. The predicted octanol–water partition coefficient (Wildman–Crippen LogP) is 2.67. The van der Waals surface area contributed by atoms with Gasteiger partial charge in [-0.15, -0.1) is 0 Å². The molecule has 1 aromatic rings. The van der Waals surface area contributed by atoms with Crippen molar-refractivity contribution < 1.29 is 26.7 Å². The third kappa shape index (κ3) is 2.05. The monoisotopic (exact) mass is 237 g/mol. The van der Waals surface area contributed by atoms with Crippen LogP contribution in [-0.4, -0.2) is 6.61 Å². The molecule has 0 saturated heterocycles. The molecule has 0 aromatic heterocycles. The van der Waals surface area contributed by atoms with Gasteiger partial charge in [-0.25, -0.2) is 13.2 Å². The molecule has 16 heavy (non-hydrogen) atoms. The minimum absolute atomic E-state index is 0.237. The maximum Gasteiger partial charge on any atom is 0.206 e. The number of benzene rings is 1. The number of rotatable bonds is 3. The fourth-order valence-corrected chi connectivity index (χ4v) is 0.910. The van der Waals surface area contributed by atoms with E-state index in [2.05, 4.69) is 4.74 Å². The van der Waals surface area contributed by atoms with Crippen molar-refractivity contribution in [2.45, 2.75) is 6.42 Å². The Morgan fingerprint density at radius 3 is 1.75 bits per heavy atom. The first kappa shape index (κ1) is 12.2. The second kappa shape index (κ2) is 4.79. The van der Waals surface area contributed by atoms with Gasteiger partial charge in [-0.2, -0.15) is 14.0 Å². The van der Waals surface area contributed by atoms with Gasteiger partial charge in [0.2, 0.25) is 29.1 Å². The van der Waals surface area contributed by atoms with E-state index < -0.39 is 41.4 Å². The Labute approximate surface area is 86.9 Å².